The number of amides is 1. The number of nitrogens with zero attached hydrogens (tertiary/aromatic N) is 1. The molecular formula is C15H17N3O2S. The Hall–Kier alpha value is -1.95. The van der Waals surface area contributed by atoms with Crippen molar-refractivity contribution >= 4 is 29.0 Å². The minimum absolute atomic E-state index is 0.0167. The minimum Gasteiger partial charge on any atom is -0.338 e. The average Bonchev–Trinajstić information content (AvgIpc) is 2.45. The Kier molecular flexibility index (Phi) is 3.63. The molecule has 0 saturated carbocycles. The van der Waals surface area contributed by atoms with Crippen LogP contribution in [-0.4, -0.2) is 33.9 Å². The molecule has 0 spiro atoms. The highest BCUT2D eigenvalue weighted by atomic mass is 32.1. The first-order chi connectivity index (χ1) is 10.0. The van der Waals surface area contributed by atoms with Gasteiger partial charge in [-0.15, -0.1) is 0 Å². The molecule has 1 fully saturated rings. The van der Waals surface area contributed by atoms with Crippen LogP contribution in [0.2, 0.25) is 0 Å². The van der Waals surface area contributed by atoms with Gasteiger partial charge in [-0.2, -0.15) is 0 Å². The van der Waals surface area contributed by atoms with Gasteiger partial charge in [0.25, 0.3) is 11.5 Å². The van der Waals surface area contributed by atoms with Gasteiger partial charge in [0.1, 0.15) is 0 Å². The number of H-pyrrole nitrogens is 2. The number of carbonyl (C=O) groups is 1. The third-order valence-corrected chi connectivity index (χ3v) is 4.13. The van der Waals surface area contributed by atoms with Crippen molar-refractivity contribution in [1.82, 2.24) is 14.9 Å². The number of aromatic nitrogens is 2. The van der Waals surface area contributed by atoms with E-state index in [4.69, 9.17) is 12.2 Å². The van der Waals surface area contributed by atoms with Crippen LogP contribution in [0.1, 0.15) is 30.1 Å². The van der Waals surface area contributed by atoms with Crippen molar-refractivity contribution in [3.8, 4) is 0 Å². The van der Waals surface area contributed by atoms with Gasteiger partial charge in [0.15, 0.2) is 4.77 Å². The maximum absolute atomic E-state index is 12.6. The molecule has 1 atom stereocenters. The van der Waals surface area contributed by atoms with Crippen molar-refractivity contribution in [2.24, 2.45) is 5.92 Å². The fraction of sp³-hybridized carbons (Fsp3) is 0.400. The number of rotatable bonds is 1. The van der Waals surface area contributed by atoms with Crippen LogP contribution in [0.25, 0.3) is 10.9 Å². The summed E-state index contributed by atoms with van der Waals surface area (Å²) in [7, 11) is 0. The zero-order valence-electron chi connectivity index (χ0n) is 11.8. The Morgan fingerprint density at radius 3 is 2.95 bits per heavy atom. The molecule has 0 aliphatic carbocycles. The number of hydrogen-bond acceptors (Lipinski definition) is 3. The van der Waals surface area contributed by atoms with Gasteiger partial charge in [-0.25, -0.2) is 0 Å². The molecule has 1 aromatic heterocycles. The highest BCUT2D eigenvalue weighted by Gasteiger charge is 2.22. The van der Waals surface area contributed by atoms with E-state index < -0.39 is 0 Å². The summed E-state index contributed by atoms with van der Waals surface area (Å²) in [6.07, 6.45) is 2.21. The van der Waals surface area contributed by atoms with E-state index in [2.05, 4.69) is 16.9 Å². The second-order valence-electron chi connectivity index (χ2n) is 5.67. The van der Waals surface area contributed by atoms with E-state index in [0.717, 1.165) is 19.5 Å². The van der Waals surface area contributed by atoms with E-state index in [1.165, 1.54) is 6.42 Å². The SMILES string of the molecule is C[C@@H]1CCCN(C(=O)c2ccc3c(=O)[nH]c(=S)[nH]c3c2)C1. The summed E-state index contributed by atoms with van der Waals surface area (Å²) in [5.74, 6) is 0.555. The molecule has 110 valence electrons. The Labute approximate surface area is 127 Å². The van der Waals surface area contributed by atoms with Gasteiger partial charge < -0.3 is 9.88 Å². The van der Waals surface area contributed by atoms with E-state index in [9.17, 15) is 9.59 Å². The molecule has 3 rings (SSSR count). The molecule has 0 radical (unpaired) electrons. The Morgan fingerprint density at radius 2 is 2.19 bits per heavy atom. The van der Waals surface area contributed by atoms with Crippen molar-refractivity contribution in [3.63, 3.8) is 0 Å². The van der Waals surface area contributed by atoms with E-state index in [0.29, 0.717) is 22.4 Å². The van der Waals surface area contributed by atoms with Crippen molar-refractivity contribution in [2.45, 2.75) is 19.8 Å². The largest absolute Gasteiger partial charge is 0.338 e. The van der Waals surface area contributed by atoms with Crippen LogP contribution in [0.15, 0.2) is 23.0 Å². The molecule has 0 unspecified atom stereocenters. The molecule has 21 heavy (non-hydrogen) atoms. The first-order valence-corrected chi connectivity index (χ1v) is 7.51. The van der Waals surface area contributed by atoms with Crippen molar-refractivity contribution < 1.29 is 4.79 Å². The molecule has 6 heteroatoms. The second-order valence-corrected chi connectivity index (χ2v) is 6.08. The number of likely N-dealkylation sites (tertiary alicyclic amines) is 1. The summed E-state index contributed by atoms with van der Waals surface area (Å²) in [4.78, 5) is 31.7. The molecule has 0 bridgehead atoms. The molecule has 5 nitrogen and oxygen atoms in total. The quantitative estimate of drug-likeness (QED) is 0.795. The van der Waals surface area contributed by atoms with Crippen LogP contribution in [-0.2, 0) is 0 Å². The summed E-state index contributed by atoms with van der Waals surface area (Å²) >= 11 is 4.97. The lowest BCUT2D eigenvalue weighted by Gasteiger charge is -2.31. The summed E-state index contributed by atoms with van der Waals surface area (Å²) in [6.45, 7) is 3.76. The fourth-order valence-corrected chi connectivity index (χ4v) is 3.06. The summed E-state index contributed by atoms with van der Waals surface area (Å²) in [5.41, 5.74) is 0.951. The van der Waals surface area contributed by atoms with Crippen molar-refractivity contribution in [3.05, 3.63) is 38.9 Å². The molecule has 2 N–H and O–H groups in total. The van der Waals surface area contributed by atoms with Gasteiger partial charge in [0.2, 0.25) is 0 Å². The van der Waals surface area contributed by atoms with E-state index in [1.807, 2.05) is 4.90 Å². The smallest absolute Gasteiger partial charge is 0.259 e. The predicted molar refractivity (Wildman–Crippen MR) is 84.1 cm³/mol. The fourth-order valence-electron chi connectivity index (χ4n) is 2.86. The van der Waals surface area contributed by atoms with Crippen LogP contribution in [0.3, 0.4) is 0 Å². The van der Waals surface area contributed by atoms with E-state index >= 15 is 0 Å². The molecular weight excluding hydrogens is 286 g/mol. The number of nitrogens with one attached hydrogen (secondary N) is 2. The van der Waals surface area contributed by atoms with Crippen LogP contribution in [0.4, 0.5) is 0 Å². The molecule has 2 heterocycles. The lowest BCUT2D eigenvalue weighted by atomic mass is 9.99. The zero-order chi connectivity index (χ0) is 15.0. The molecule has 2 aromatic rings. The van der Waals surface area contributed by atoms with Crippen LogP contribution in [0, 0.1) is 10.7 Å². The topological polar surface area (TPSA) is 69.0 Å². The van der Waals surface area contributed by atoms with E-state index in [1.54, 1.807) is 18.2 Å². The number of aromatic amines is 2. The van der Waals surface area contributed by atoms with Gasteiger partial charge in [0, 0.05) is 18.7 Å². The maximum atomic E-state index is 12.6. The summed E-state index contributed by atoms with van der Waals surface area (Å²) in [6, 6.07) is 5.08. The normalized spacial score (nSPS) is 18.9. The average molecular weight is 303 g/mol. The van der Waals surface area contributed by atoms with Crippen molar-refractivity contribution in [2.75, 3.05) is 13.1 Å². The maximum Gasteiger partial charge on any atom is 0.259 e. The number of fused-ring (bicyclic) bond motifs is 1. The van der Waals surface area contributed by atoms with E-state index in [-0.39, 0.29) is 16.2 Å². The Balaban J connectivity index is 1.99. The van der Waals surface area contributed by atoms with Gasteiger partial charge in [-0.05, 0) is 49.2 Å². The molecule has 1 aromatic carbocycles. The van der Waals surface area contributed by atoms with Crippen LogP contribution in [0.5, 0.6) is 0 Å². The van der Waals surface area contributed by atoms with Crippen molar-refractivity contribution in [1.29, 1.82) is 0 Å². The third kappa shape index (κ3) is 2.76. The highest BCUT2D eigenvalue weighted by Crippen LogP contribution is 2.19. The van der Waals surface area contributed by atoms with Gasteiger partial charge in [-0.3, -0.25) is 14.6 Å². The number of carbonyl (C=O) groups excluding carboxylic acids is 1. The number of hydrogen-bond donors (Lipinski definition) is 2. The molecule has 1 amide bonds. The lowest BCUT2D eigenvalue weighted by molar-refractivity contribution is 0.0683. The van der Waals surface area contributed by atoms with Gasteiger partial charge in [0.05, 0.1) is 10.9 Å². The molecule has 1 aliphatic rings. The predicted octanol–water partition coefficient (Wildman–Crippen LogP) is 2.46. The number of benzene rings is 1. The standard InChI is InChI=1S/C15H17N3O2S/c1-9-3-2-6-18(8-9)14(20)10-4-5-11-12(7-10)16-15(21)17-13(11)19/h4-5,7,9H,2-3,6,8H2,1H3,(H2,16,17,19,21)/t9-/m1/s1. The highest BCUT2D eigenvalue weighted by molar-refractivity contribution is 7.71. The van der Waals surface area contributed by atoms with Crippen LogP contribution >= 0.6 is 12.2 Å². The third-order valence-electron chi connectivity index (χ3n) is 3.93. The van der Waals surface area contributed by atoms with Gasteiger partial charge >= 0.3 is 0 Å². The van der Waals surface area contributed by atoms with Gasteiger partial charge in [-0.1, -0.05) is 6.92 Å². The molecule has 1 aliphatic heterocycles. The van der Waals surface area contributed by atoms with Crippen LogP contribution < -0.4 is 5.56 Å². The monoisotopic (exact) mass is 303 g/mol. The first-order valence-electron chi connectivity index (χ1n) is 7.10. The lowest BCUT2D eigenvalue weighted by Crippen LogP contribution is -2.39. The Bertz CT molecular complexity index is 808. The number of piperidine rings is 1. The Morgan fingerprint density at radius 1 is 1.38 bits per heavy atom. The molecule has 1 saturated heterocycles. The second kappa shape index (κ2) is 5.44. The minimum atomic E-state index is -0.237. The first kappa shape index (κ1) is 14.0. The summed E-state index contributed by atoms with van der Waals surface area (Å²) in [5, 5.41) is 0.507. The zero-order valence-corrected chi connectivity index (χ0v) is 12.6. The summed E-state index contributed by atoms with van der Waals surface area (Å²) < 4.78 is 0.267.